The van der Waals surface area contributed by atoms with Crippen LogP contribution in [0.25, 0.3) is 0 Å². The summed E-state index contributed by atoms with van der Waals surface area (Å²) in [4.78, 5) is 31.7. The van der Waals surface area contributed by atoms with Gasteiger partial charge in [0.15, 0.2) is 0 Å². The fourth-order valence-corrected chi connectivity index (χ4v) is 2.77. The molecule has 2 amide bonds. The molecule has 0 fully saturated rings. The number of hydrogen-bond donors (Lipinski definition) is 0. The fourth-order valence-electron chi connectivity index (χ4n) is 2.77. The maximum Gasteiger partial charge on any atom is 0.224 e. The highest BCUT2D eigenvalue weighted by molar-refractivity contribution is 5.78. The third-order valence-electron chi connectivity index (χ3n) is 4.41. The van der Waals surface area contributed by atoms with E-state index in [1.165, 1.54) is 0 Å². The van der Waals surface area contributed by atoms with Crippen molar-refractivity contribution in [2.45, 2.75) is 33.2 Å². The van der Waals surface area contributed by atoms with Crippen LogP contribution in [0.1, 0.15) is 30.0 Å². The van der Waals surface area contributed by atoms with Gasteiger partial charge in [-0.1, -0.05) is 29.8 Å². The molecule has 0 saturated heterocycles. The Hall–Kier alpha value is -2.69. The third-order valence-corrected chi connectivity index (χ3v) is 4.41. The molecule has 0 radical (unpaired) electrons. The Morgan fingerprint density at radius 1 is 1.04 bits per heavy atom. The topological polar surface area (TPSA) is 53.5 Å². The molecule has 2 aromatic rings. The van der Waals surface area contributed by atoms with Crippen LogP contribution in [0, 0.1) is 6.92 Å². The molecule has 0 aliphatic rings. The number of pyridine rings is 1. The third kappa shape index (κ3) is 6.31. The molecule has 1 aromatic heterocycles. The van der Waals surface area contributed by atoms with Gasteiger partial charge in [-0.25, -0.2) is 0 Å². The van der Waals surface area contributed by atoms with Crippen molar-refractivity contribution in [1.82, 2.24) is 14.8 Å². The summed E-state index contributed by atoms with van der Waals surface area (Å²) < 4.78 is 0. The number of carbonyl (C=O) groups excluding carboxylic acids is 2. The van der Waals surface area contributed by atoms with Gasteiger partial charge in [0.25, 0.3) is 0 Å². The van der Waals surface area contributed by atoms with Gasteiger partial charge in [0.1, 0.15) is 0 Å². The second-order valence-corrected chi connectivity index (χ2v) is 6.60. The molecule has 0 spiro atoms. The lowest BCUT2D eigenvalue weighted by Crippen LogP contribution is -2.35. The van der Waals surface area contributed by atoms with Crippen molar-refractivity contribution in [3.8, 4) is 0 Å². The van der Waals surface area contributed by atoms with E-state index in [0.717, 1.165) is 23.1 Å². The quantitative estimate of drug-likeness (QED) is 0.733. The van der Waals surface area contributed by atoms with Crippen molar-refractivity contribution in [3.63, 3.8) is 0 Å². The smallest absolute Gasteiger partial charge is 0.224 e. The molecule has 2 rings (SSSR count). The van der Waals surface area contributed by atoms with Gasteiger partial charge >= 0.3 is 0 Å². The highest BCUT2D eigenvalue weighted by Gasteiger charge is 2.14. The van der Waals surface area contributed by atoms with Crippen molar-refractivity contribution < 1.29 is 9.59 Å². The maximum absolute atomic E-state index is 12.4. The minimum absolute atomic E-state index is 0.0151. The number of hydrogen-bond acceptors (Lipinski definition) is 3. The zero-order valence-electron chi connectivity index (χ0n) is 15.8. The van der Waals surface area contributed by atoms with E-state index in [-0.39, 0.29) is 11.8 Å². The van der Waals surface area contributed by atoms with Crippen LogP contribution in [0.3, 0.4) is 0 Å². The monoisotopic (exact) mass is 353 g/mol. The molecule has 5 nitrogen and oxygen atoms in total. The summed E-state index contributed by atoms with van der Waals surface area (Å²) in [5, 5.41) is 0. The molecule has 0 saturated carbocycles. The molecule has 1 aromatic carbocycles. The highest BCUT2D eigenvalue weighted by atomic mass is 16.2. The van der Waals surface area contributed by atoms with E-state index >= 15 is 0 Å². The number of aryl methyl sites for hydroxylation is 1. The van der Waals surface area contributed by atoms with Crippen LogP contribution >= 0.6 is 0 Å². The van der Waals surface area contributed by atoms with Gasteiger partial charge in [0, 0.05) is 52.4 Å². The molecular weight excluding hydrogens is 326 g/mol. The number of carbonyl (C=O) groups is 2. The average Bonchev–Trinajstić information content (AvgIpc) is 2.63. The molecule has 26 heavy (non-hydrogen) atoms. The van der Waals surface area contributed by atoms with Crippen molar-refractivity contribution in [1.29, 1.82) is 0 Å². The van der Waals surface area contributed by atoms with E-state index < -0.39 is 0 Å². The van der Waals surface area contributed by atoms with Crippen LogP contribution in [0.15, 0.2) is 48.8 Å². The molecule has 0 unspecified atom stereocenters. The molecule has 0 bridgehead atoms. The van der Waals surface area contributed by atoms with Crippen molar-refractivity contribution in [3.05, 3.63) is 65.5 Å². The van der Waals surface area contributed by atoms with E-state index in [1.54, 1.807) is 29.1 Å². The summed E-state index contributed by atoms with van der Waals surface area (Å²) in [7, 11) is 1.81. The van der Waals surface area contributed by atoms with E-state index in [4.69, 9.17) is 0 Å². The molecule has 138 valence electrons. The summed E-state index contributed by atoms with van der Waals surface area (Å²) in [6.45, 7) is 5.20. The second kappa shape index (κ2) is 9.70. The summed E-state index contributed by atoms with van der Waals surface area (Å²) in [5.41, 5.74) is 3.40. The first-order valence-electron chi connectivity index (χ1n) is 8.89. The highest BCUT2D eigenvalue weighted by Crippen LogP contribution is 2.09. The van der Waals surface area contributed by atoms with E-state index in [0.29, 0.717) is 26.1 Å². The normalized spacial score (nSPS) is 10.4. The predicted octanol–water partition coefficient (Wildman–Crippen LogP) is 2.83. The summed E-state index contributed by atoms with van der Waals surface area (Å²) in [6, 6.07) is 12.0. The largest absolute Gasteiger partial charge is 0.345 e. The first-order valence-corrected chi connectivity index (χ1v) is 8.89. The van der Waals surface area contributed by atoms with Gasteiger partial charge in [-0.05, 0) is 36.6 Å². The Bertz CT molecular complexity index is 731. The number of nitrogens with zero attached hydrogens (tertiary/aromatic N) is 3. The summed E-state index contributed by atoms with van der Waals surface area (Å²) >= 11 is 0. The lowest BCUT2D eigenvalue weighted by Gasteiger charge is -2.23. The van der Waals surface area contributed by atoms with Crippen molar-refractivity contribution in [2.24, 2.45) is 0 Å². The van der Waals surface area contributed by atoms with Crippen LogP contribution in [0.5, 0.6) is 0 Å². The number of amides is 2. The standard InChI is InChI=1S/C21H27N3O2/c1-17-5-4-6-20(15-17)16-24(18(2)25)14-10-21(26)23(3)13-9-19-7-11-22-12-8-19/h4-8,11-12,15H,9-10,13-14,16H2,1-3H3. The SMILES string of the molecule is CC(=O)N(CCC(=O)N(C)CCc1ccncc1)Cc1cccc(C)c1. The average molecular weight is 353 g/mol. The van der Waals surface area contributed by atoms with Crippen LogP contribution in [-0.4, -0.2) is 46.7 Å². The number of benzene rings is 1. The van der Waals surface area contributed by atoms with Gasteiger partial charge < -0.3 is 9.80 Å². The van der Waals surface area contributed by atoms with Gasteiger partial charge in [-0.3, -0.25) is 14.6 Å². The zero-order chi connectivity index (χ0) is 18.9. The Morgan fingerprint density at radius 2 is 1.77 bits per heavy atom. The lowest BCUT2D eigenvalue weighted by atomic mass is 10.1. The molecule has 1 heterocycles. The number of rotatable bonds is 8. The molecular formula is C21H27N3O2. The maximum atomic E-state index is 12.4. The van der Waals surface area contributed by atoms with E-state index in [1.807, 2.05) is 44.3 Å². The minimum Gasteiger partial charge on any atom is -0.345 e. The van der Waals surface area contributed by atoms with Gasteiger partial charge in [0.2, 0.25) is 11.8 Å². The van der Waals surface area contributed by atoms with E-state index in [9.17, 15) is 9.59 Å². The Labute approximate surface area is 155 Å². The predicted molar refractivity (Wildman–Crippen MR) is 102 cm³/mol. The van der Waals surface area contributed by atoms with Gasteiger partial charge in [-0.15, -0.1) is 0 Å². The Kier molecular flexibility index (Phi) is 7.33. The van der Waals surface area contributed by atoms with Crippen LogP contribution < -0.4 is 0 Å². The molecule has 0 N–H and O–H groups in total. The molecule has 0 aliphatic carbocycles. The van der Waals surface area contributed by atoms with Crippen molar-refractivity contribution in [2.75, 3.05) is 20.1 Å². The molecule has 5 heteroatoms. The first kappa shape index (κ1) is 19.6. The second-order valence-electron chi connectivity index (χ2n) is 6.60. The lowest BCUT2D eigenvalue weighted by molar-refractivity contribution is -0.133. The van der Waals surface area contributed by atoms with Crippen molar-refractivity contribution >= 4 is 11.8 Å². The minimum atomic E-state index is -0.0151. The fraction of sp³-hybridized carbons (Fsp3) is 0.381. The van der Waals surface area contributed by atoms with Crippen LogP contribution in [-0.2, 0) is 22.6 Å². The van der Waals surface area contributed by atoms with Crippen LogP contribution in [0.2, 0.25) is 0 Å². The first-order chi connectivity index (χ1) is 12.5. The van der Waals surface area contributed by atoms with Gasteiger partial charge in [0.05, 0.1) is 0 Å². The van der Waals surface area contributed by atoms with Gasteiger partial charge in [-0.2, -0.15) is 0 Å². The Balaban J connectivity index is 1.83. The summed E-state index contributed by atoms with van der Waals surface area (Å²) in [6.07, 6.45) is 4.64. The summed E-state index contributed by atoms with van der Waals surface area (Å²) in [5.74, 6) is 0.0355. The molecule has 0 aliphatic heterocycles. The number of aromatic nitrogens is 1. The number of likely N-dealkylation sites (N-methyl/N-ethyl adjacent to an activating group) is 1. The zero-order valence-corrected chi connectivity index (χ0v) is 15.8. The van der Waals surface area contributed by atoms with Crippen LogP contribution in [0.4, 0.5) is 0 Å². The Morgan fingerprint density at radius 3 is 2.42 bits per heavy atom. The van der Waals surface area contributed by atoms with E-state index in [2.05, 4.69) is 11.1 Å². The molecule has 0 atom stereocenters.